The number of nitrogens with one attached hydrogen (secondary N) is 1. The molecule has 0 radical (unpaired) electrons. The molecule has 0 spiro atoms. The maximum absolute atomic E-state index is 9.04. The zero-order chi connectivity index (χ0) is 18.8. The fourth-order valence-electron chi connectivity index (χ4n) is 3.42. The lowest BCUT2D eigenvalue weighted by atomic mass is 10.0. The minimum atomic E-state index is 0.632. The molecule has 0 bridgehead atoms. The maximum Gasteiger partial charge on any atom is 0.133 e. The molecule has 0 saturated carbocycles. The molecule has 4 nitrogen and oxygen atoms in total. The van der Waals surface area contributed by atoms with Crippen LogP contribution >= 0.6 is 23.2 Å². The van der Waals surface area contributed by atoms with Gasteiger partial charge < -0.3 is 5.32 Å². The summed E-state index contributed by atoms with van der Waals surface area (Å²) in [5, 5.41) is 18.8. The predicted molar refractivity (Wildman–Crippen MR) is 109 cm³/mol. The molecule has 136 valence electrons. The molecule has 1 aliphatic rings. The minimum absolute atomic E-state index is 0.632. The Hall–Kier alpha value is -2.48. The zero-order valence-corrected chi connectivity index (χ0v) is 16.2. The Labute approximate surface area is 168 Å². The van der Waals surface area contributed by atoms with E-state index in [9.17, 15) is 0 Å². The molecule has 4 rings (SSSR count). The quantitative estimate of drug-likeness (QED) is 0.645. The van der Waals surface area contributed by atoms with Gasteiger partial charge in [0.1, 0.15) is 5.82 Å². The summed E-state index contributed by atoms with van der Waals surface area (Å²) in [5.74, 6) is 1.04. The second-order valence-electron chi connectivity index (χ2n) is 6.64. The molecule has 1 aromatic heterocycles. The van der Waals surface area contributed by atoms with E-state index in [2.05, 4.69) is 11.4 Å². The number of anilines is 1. The fourth-order valence-corrected chi connectivity index (χ4v) is 3.90. The van der Waals surface area contributed by atoms with Gasteiger partial charge in [-0.15, -0.1) is 0 Å². The van der Waals surface area contributed by atoms with Gasteiger partial charge in [0.15, 0.2) is 0 Å². The lowest BCUT2D eigenvalue weighted by Crippen LogP contribution is -2.07. The third-order valence-electron chi connectivity index (χ3n) is 4.83. The van der Waals surface area contributed by atoms with Crippen molar-refractivity contribution in [1.82, 2.24) is 9.78 Å². The molecule has 0 aliphatic carbocycles. The predicted octanol–water partition coefficient (Wildman–Crippen LogP) is 5.39. The molecule has 6 heteroatoms. The SMILES string of the molecule is N#Cc1ccc(-n2nc(Cc3ccc(Cl)cc3Cl)c3c2NCCCC3)cc1. The van der Waals surface area contributed by atoms with Gasteiger partial charge in [-0.1, -0.05) is 29.3 Å². The minimum Gasteiger partial charge on any atom is -0.370 e. The molecule has 0 atom stereocenters. The van der Waals surface area contributed by atoms with E-state index in [0.29, 0.717) is 22.0 Å². The average molecular weight is 397 g/mol. The number of hydrogen-bond donors (Lipinski definition) is 1. The Bertz CT molecular complexity index is 1020. The van der Waals surface area contributed by atoms with E-state index in [4.69, 9.17) is 33.6 Å². The molecule has 3 aromatic rings. The number of rotatable bonds is 3. The third-order valence-corrected chi connectivity index (χ3v) is 5.41. The average Bonchev–Trinajstić information content (AvgIpc) is 2.85. The summed E-state index contributed by atoms with van der Waals surface area (Å²) >= 11 is 12.4. The molecule has 1 aliphatic heterocycles. The molecule has 0 unspecified atom stereocenters. The second kappa shape index (κ2) is 7.64. The molecular formula is C21H18Cl2N4. The highest BCUT2D eigenvalue weighted by atomic mass is 35.5. The highest BCUT2D eigenvalue weighted by molar-refractivity contribution is 6.35. The van der Waals surface area contributed by atoms with Crippen molar-refractivity contribution in [3.8, 4) is 11.8 Å². The highest BCUT2D eigenvalue weighted by Crippen LogP contribution is 2.31. The van der Waals surface area contributed by atoms with Gasteiger partial charge in [0.05, 0.1) is 23.0 Å². The van der Waals surface area contributed by atoms with Crippen LogP contribution < -0.4 is 5.32 Å². The smallest absolute Gasteiger partial charge is 0.133 e. The monoisotopic (exact) mass is 396 g/mol. The van der Waals surface area contributed by atoms with Crippen molar-refractivity contribution in [1.29, 1.82) is 5.26 Å². The van der Waals surface area contributed by atoms with Crippen molar-refractivity contribution in [3.63, 3.8) is 0 Å². The largest absolute Gasteiger partial charge is 0.370 e. The summed E-state index contributed by atoms with van der Waals surface area (Å²) in [7, 11) is 0. The number of fused-ring (bicyclic) bond motifs is 1. The summed E-state index contributed by atoms with van der Waals surface area (Å²) < 4.78 is 1.95. The number of aromatic nitrogens is 2. The molecule has 2 heterocycles. The second-order valence-corrected chi connectivity index (χ2v) is 7.48. The first kappa shape index (κ1) is 17.9. The van der Waals surface area contributed by atoms with Crippen LogP contribution in [-0.4, -0.2) is 16.3 Å². The van der Waals surface area contributed by atoms with E-state index in [1.165, 1.54) is 5.56 Å². The van der Waals surface area contributed by atoms with E-state index in [1.54, 1.807) is 6.07 Å². The van der Waals surface area contributed by atoms with Gasteiger partial charge in [-0.05, 0) is 61.2 Å². The van der Waals surface area contributed by atoms with Crippen molar-refractivity contribution in [2.45, 2.75) is 25.7 Å². The van der Waals surface area contributed by atoms with Gasteiger partial charge in [0, 0.05) is 28.6 Å². The van der Waals surface area contributed by atoms with Gasteiger partial charge >= 0.3 is 0 Å². The van der Waals surface area contributed by atoms with Crippen LogP contribution in [-0.2, 0) is 12.8 Å². The van der Waals surface area contributed by atoms with Crippen molar-refractivity contribution in [2.24, 2.45) is 0 Å². The number of nitriles is 1. The van der Waals surface area contributed by atoms with Gasteiger partial charge in [-0.25, -0.2) is 4.68 Å². The Morgan fingerprint density at radius 2 is 1.93 bits per heavy atom. The summed E-state index contributed by atoms with van der Waals surface area (Å²) in [6.07, 6.45) is 3.89. The lowest BCUT2D eigenvalue weighted by Gasteiger charge is -2.09. The Kier molecular flexibility index (Phi) is 5.07. The van der Waals surface area contributed by atoms with Gasteiger partial charge in [-0.2, -0.15) is 10.4 Å². The third kappa shape index (κ3) is 3.66. The molecule has 2 aromatic carbocycles. The Morgan fingerprint density at radius 1 is 1.11 bits per heavy atom. The van der Waals surface area contributed by atoms with E-state index >= 15 is 0 Å². The van der Waals surface area contributed by atoms with Crippen molar-refractivity contribution in [2.75, 3.05) is 11.9 Å². The van der Waals surface area contributed by atoms with E-state index in [0.717, 1.165) is 48.6 Å². The van der Waals surface area contributed by atoms with Crippen LogP contribution in [0.15, 0.2) is 42.5 Å². The molecule has 0 amide bonds. The number of benzene rings is 2. The van der Waals surface area contributed by atoms with Crippen LogP contribution in [0, 0.1) is 11.3 Å². The van der Waals surface area contributed by atoms with Crippen LogP contribution in [0.25, 0.3) is 5.69 Å². The zero-order valence-electron chi connectivity index (χ0n) is 14.7. The molecule has 1 N–H and O–H groups in total. The molecular weight excluding hydrogens is 379 g/mol. The van der Waals surface area contributed by atoms with Crippen LogP contribution in [0.2, 0.25) is 10.0 Å². The Balaban J connectivity index is 1.77. The topological polar surface area (TPSA) is 53.6 Å². The van der Waals surface area contributed by atoms with Gasteiger partial charge in [0.25, 0.3) is 0 Å². The first-order valence-electron chi connectivity index (χ1n) is 8.95. The standard InChI is InChI=1S/C21H18Cl2N4/c22-16-7-6-15(19(23)12-16)11-20-18-3-1-2-10-25-21(18)27(26-20)17-8-4-14(13-24)5-9-17/h4-9,12,25H,1-3,10-11H2. The van der Waals surface area contributed by atoms with Crippen molar-refractivity contribution in [3.05, 3.63) is 74.9 Å². The molecule has 27 heavy (non-hydrogen) atoms. The van der Waals surface area contributed by atoms with E-state index in [1.807, 2.05) is 41.1 Å². The van der Waals surface area contributed by atoms with Gasteiger partial charge in [-0.3, -0.25) is 0 Å². The summed E-state index contributed by atoms with van der Waals surface area (Å²) in [4.78, 5) is 0. The number of halogens is 2. The van der Waals surface area contributed by atoms with E-state index < -0.39 is 0 Å². The highest BCUT2D eigenvalue weighted by Gasteiger charge is 2.21. The molecule has 0 fully saturated rings. The number of nitrogens with zero attached hydrogens (tertiary/aromatic N) is 3. The van der Waals surface area contributed by atoms with Crippen LogP contribution in [0.4, 0.5) is 5.82 Å². The van der Waals surface area contributed by atoms with Crippen molar-refractivity contribution >= 4 is 29.0 Å². The molecule has 0 saturated heterocycles. The van der Waals surface area contributed by atoms with E-state index in [-0.39, 0.29) is 0 Å². The summed E-state index contributed by atoms with van der Waals surface area (Å²) in [6, 6.07) is 15.2. The van der Waals surface area contributed by atoms with Crippen LogP contribution in [0.3, 0.4) is 0 Å². The van der Waals surface area contributed by atoms with Crippen LogP contribution in [0.1, 0.15) is 35.2 Å². The number of hydrogen-bond acceptors (Lipinski definition) is 3. The summed E-state index contributed by atoms with van der Waals surface area (Å²) in [6.45, 7) is 0.927. The summed E-state index contributed by atoms with van der Waals surface area (Å²) in [5.41, 5.74) is 4.85. The van der Waals surface area contributed by atoms with Crippen molar-refractivity contribution < 1.29 is 0 Å². The Morgan fingerprint density at radius 3 is 2.67 bits per heavy atom. The normalized spacial score (nSPS) is 13.4. The fraction of sp³-hybridized carbons (Fsp3) is 0.238. The first-order valence-corrected chi connectivity index (χ1v) is 9.70. The lowest BCUT2D eigenvalue weighted by molar-refractivity contribution is 0.767. The van der Waals surface area contributed by atoms with Gasteiger partial charge in [0.2, 0.25) is 0 Å². The maximum atomic E-state index is 9.04. The first-order chi connectivity index (χ1) is 13.2. The van der Waals surface area contributed by atoms with Crippen LogP contribution in [0.5, 0.6) is 0 Å².